The molecule has 1 aliphatic rings. The quantitative estimate of drug-likeness (QED) is 0.159. The molecule has 1 N–H and O–H groups in total. The number of imide groups is 2. The van der Waals surface area contributed by atoms with Gasteiger partial charge in [-0.1, -0.05) is 44.2 Å². The van der Waals surface area contributed by atoms with Gasteiger partial charge in [-0.2, -0.15) is 0 Å². The van der Waals surface area contributed by atoms with Crippen molar-refractivity contribution in [2.75, 3.05) is 6.61 Å². The molecular weight excluding hydrogens is 494 g/mol. The molecule has 3 heterocycles. The molecule has 200 valence electrons. The summed E-state index contributed by atoms with van der Waals surface area (Å²) in [5, 5.41) is 3.17. The fraction of sp³-hybridized carbons (Fsp3) is 0.258. The summed E-state index contributed by atoms with van der Waals surface area (Å²) in [6.45, 7) is 5.58. The Balaban J connectivity index is 1.30. The van der Waals surface area contributed by atoms with Crippen molar-refractivity contribution in [2.45, 2.75) is 45.7 Å². The summed E-state index contributed by atoms with van der Waals surface area (Å²) in [4.78, 5) is 39.1. The third-order valence-electron chi connectivity index (χ3n) is 7.07. The Morgan fingerprint density at radius 1 is 1.03 bits per heavy atom. The van der Waals surface area contributed by atoms with Crippen molar-refractivity contribution in [1.29, 1.82) is 0 Å². The van der Waals surface area contributed by atoms with E-state index in [0.29, 0.717) is 24.8 Å². The van der Waals surface area contributed by atoms with Crippen LogP contribution in [-0.2, 0) is 22.7 Å². The minimum absolute atomic E-state index is 0.0651. The lowest BCUT2D eigenvalue weighted by Gasteiger charge is -2.25. The van der Waals surface area contributed by atoms with Gasteiger partial charge >= 0.3 is 6.03 Å². The van der Waals surface area contributed by atoms with E-state index in [-0.39, 0.29) is 12.1 Å². The van der Waals surface area contributed by atoms with Crippen molar-refractivity contribution >= 4 is 34.8 Å². The lowest BCUT2D eigenvalue weighted by Crippen LogP contribution is -2.53. The number of benzene rings is 2. The first-order valence-electron chi connectivity index (χ1n) is 13.2. The molecule has 2 aromatic heterocycles. The number of para-hydroxylation sites is 1. The highest BCUT2D eigenvalue weighted by Crippen LogP contribution is 2.26. The Morgan fingerprint density at radius 2 is 1.82 bits per heavy atom. The molecule has 5 rings (SSSR count). The molecule has 0 bridgehead atoms. The van der Waals surface area contributed by atoms with Gasteiger partial charge in [0.05, 0.1) is 19.4 Å². The number of rotatable bonds is 10. The molecule has 0 radical (unpaired) electrons. The number of hydrogen-bond acceptors (Lipinski definition) is 5. The lowest BCUT2D eigenvalue weighted by molar-refractivity contribution is -0.130. The zero-order valence-corrected chi connectivity index (χ0v) is 22.1. The smallest absolute Gasteiger partial charge is 0.331 e. The number of ether oxygens (including phenoxy) is 1. The zero-order chi connectivity index (χ0) is 27.4. The predicted molar refractivity (Wildman–Crippen MR) is 148 cm³/mol. The standard InChI is InChI=1S/C31H31N3O5/c1-3-21(2)22-11-13-24(14-12-22)38-17-7-15-33-19-23(26-9-4-5-10-28(26)33)18-27-29(35)32-31(37)34(30(27)36)20-25-8-6-16-39-25/h4-6,8-14,16,18-19,21H,3,7,15,17,20H2,1-2H3,(H,32,35,37)/b27-18-/t21-/m0/s1. The van der Waals surface area contributed by atoms with Crippen molar-refractivity contribution < 1.29 is 23.5 Å². The summed E-state index contributed by atoms with van der Waals surface area (Å²) in [6, 6.07) is 18.7. The number of furan rings is 1. The van der Waals surface area contributed by atoms with E-state index in [1.54, 1.807) is 18.2 Å². The summed E-state index contributed by atoms with van der Waals surface area (Å²) in [6.07, 6.45) is 6.81. The third-order valence-corrected chi connectivity index (χ3v) is 7.07. The zero-order valence-electron chi connectivity index (χ0n) is 22.1. The largest absolute Gasteiger partial charge is 0.494 e. The van der Waals surface area contributed by atoms with E-state index in [0.717, 1.165) is 40.0 Å². The number of nitrogens with zero attached hydrogens (tertiary/aromatic N) is 2. The summed E-state index contributed by atoms with van der Waals surface area (Å²) in [5.74, 6) is 0.438. The topological polar surface area (TPSA) is 93.8 Å². The van der Waals surface area contributed by atoms with Crippen LogP contribution in [0.2, 0.25) is 0 Å². The number of barbiturate groups is 1. The minimum Gasteiger partial charge on any atom is -0.494 e. The molecule has 39 heavy (non-hydrogen) atoms. The second-order valence-electron chi connectivity index (χ2n) is 9.66. The highest BCUT2D eigenvalue weighted by Gasteiger charge is 2.36. The molecule has 1 saturated heterocycles. The monoisotopic (exact) mass is 525 g/mol. The van der Waals surface area contributed by atoms with E-state index in [9.17, 15) is 14.4 Å². The molecule has 4 aromatic rings. The Kier molecular flexibility index (Phi) is 7.63. The maximum absolute atomic E-state index is 13.2. The maximum Gasteiger partial charge on any atom is 0.331 e. The van der Waals surface area contributed by atoms with E-state index >= 15 is 0 Å². The Bertz CT molecular complexity index is 1520. The number of aromatic nitrogens is 1. The molecule has 0 saturated carbocycles. The molecule has 1 aliphatic heterocycles. The van der Waals surface area contributed by atoms with Gasteiger partial charge in [0.1, 0.15) is 17.1 Å². The van der Waals surface area contributed by atoms with Crippen molar-refractivity contribution in [3.8, 4) is 5.75 Å². The van der Waals surface area contributed by atoms with Crippen LogP contribution in [0, 0.1) is 0 Å². The van der Waals surface area contributed by atoms with Crippen molar-refractivity contribution in [3.05, 3.63) is 95.6 Å². The average Bonchev–Trinajstić information content (AvgIpc) is 3.59. The van der Waals surface area contributed by atoms with Crippen LogP contribution in [0.1, 0.15) is 49.5 Å². The van der Waals surface area contributed by atoms with Gasteiger partial charge in [0, 0.05) is 29.2 Å². The van der Waals surface area contributed by atoms with E-state index in [4.69, 9.17) is 9.15 Å². The van der Waals surface area contributed by atoms with Gasteiger partial charge in [-0.3, -0.25) is 19.8 Å². The van der Waals surface area contributed by atoms with Crippen LogP contribution in [-0.4, -0.2) is 33.9 Å². The number of urea groups is 1. The molecule has 1 fully saturated rings. The summed E-state index contributed by atoms with van der Waals surface area (Å²) in [5.41, 5.74) is 2.91. The van der Waals surface area contributed by atoms with Crippen molar-refractivity contribution in [2.24, 2.45) is 0 Å². The number of amides is 4. The Hall–Kier alpha value is -4.59. The van der Waals surface area contributed by atoms with Crippen LogP contribution in [0.5, 0.6) is 5.75 Å². The fourth-order valence-electron chi connectivity index (χ4n) is 4.68. The van der Waals surface area contributed by atoms with Crippen LogP contribution < -0.4 is 10.1 Å². The van der Waals surface area contributed by atoms with Crippen LogP contribution in [0.4, 0.5) is 4.79 Å². The van der Waals surface area contributed by atoms with Crippen LogP contribution in [0.3, 0.4) is 0 Å². The second kappa shape index (κ2) is 11.4. The first kappa shape index (κ1) is 26.0. The first-order valence-corrected chi connectivity index (χ1v) is 13.2. The SMILES string of the molecule is CC[C@H](C)c1ccc(OCCCn2cc(/C=C3/C(=O)NC(=O)N(Cc4ccco4)C3=O)c3ccccc32)cc1. The molecule has 1 atom stereocenters. The van der Waals surface area contributed by atoms with Crippen molar-refractivity contribution in [1.82, 2.24) is 14.8 Å². The van der Waals surface area contributed by atoms with Gasteiger partial charge in [0.15, 0.2) is 0 Å². The highest BCUT2D eigenvalue weighted by atomic mass is 16.5. The van der Waals surface area contributed by atoms with Gasteiger partial charge in [-0.15, -0.1) is 0 Å². The molecule has 2 aromatic carbocycles. The van der Waals surface area contributed by atoms with E-state index in [2.05, 4.69) is 35.9 Å². The van der Waals surface area contributed by atoms with Crippen LogP contribution >= 0.6 is 0 Å². The average molecular weight is 526 g/mol. The second-order valence-corrected chi connectivity index (χ2v) is 9.66. The number of fused-ring (bicyclic) bond motifs is 1. The summed E-state index contributed by atoms with van der Waals surface area (Å²) in [7, 11) is 0. The third kappa shape index (κ3) is 5.65. The summed E-state index contributed by atoms with van der Waals surface area (Å²) >= 11 is 0. The molecule has 8 heteroatoms. The molecule has 8 nitrogen and oxygen atoms in total. The summed E-state index contributed by atoms with van der Waals surface area (Å²) < 4.78 is 13.3. The molecular formula is C31H31N3O5. The Morgan fingerprint density at radius 3 is 2.56 bits per heavy atom. The number of carbonyl (C=O) groups excluding carboxylic acids is 3. The first-order chi connectivity index (χ1) is 18.9. The van der Waals surface area contributed by atoms with Gasteiger partial charge in [0.2, 0.25) is 0 Å². The van der Waals surface area contributed by atoms with E-state index in [1.165, 1.54) is 11.8 Å². The van der Waals surface area contributed by atoms with Gasteiger partial charge in [-0.25, -0.2) is 4.79 Å². The molecule has 0 unspecified atom stereocenters. The van der Waals surface area contributed by atoms with Crippen LogP contribution in [0.25, 0.3) is 17.0 Å². The minimum atomic E-state index is -0.768. The highest BCUT2D eigenvalue weighted by molar-refractivity contribution is 6.31. The van der Waals surface area contributed by atoms with E-state index < -0.39 is 17.8 Å². The fourth-order valence-corrected chi connectivity index (χ4v) is 4.68. The number of hydrogen-bond donors (Lipinski definition) is 1. The number of carbonyl (C=O) groups is 3. The van der Waals surface area contributed by atoms with Gasteiger partial charge in [0.25, 0.3) is 11.8 Å². The molecule has 0 aliphatic carbocycles. The lowest BCUT2D eigenvalue weighted by atomic mass is 9.99. The van der Waals surface area contributed by atoms with Gasteiger partial charge in [-0.05, 0) is 60.7 Å². The molecule has 4 amide bonds. The predicted octanol–water partition coefficient (Wildman–Crippen LogP) is 5.88. The van der Waals surface area contributed by atoms with Crippen molar-refractivity contribution in [3.63, 3.8) is 0 Å². The van der Waals surface area contributed by atoms with Gasteiger partial charge < -0.3 is 13.7 Å². The maximum atomic E-state index is 13.2. The normalized spacial score (nSPS) is 15.7. The number of nitrogens with one attached hydrogen (secondary N) is 1. The van der Waals surface area contributed by atoms with E-state index in [1.807, 2.05) is 42.6 Å². The number of aryl methyl sites for hydroxylation is 1. The molecule has 0 spiro atoms. The van der Waals surface area contributed by atoms with Crippen LogP contribution in [0.15, 0.2) is 83.1 Å². The Labute approximate surface area is 226 Å².